The Morgan fingerprint density at radius 2 is 1.48 bits per heavy atom. The van der Waals surface area contributed by atoms with E-state index in [4.69, 9.17) is 4.74 Å². The van der Waals surface area contributed by atoms with E-state index in [0.717, 1.165) is 25.8 Å². The standard InChI is InChI=1S/C25H32N2O6/c1-27(2,24-22(30)20(28)21(29)23(33-24)25(31)32)15-7-14-26-18-10-5-3-8-16(18)12-13-17-9-4-6-11-19(17)26/h3-6,8-11,20-24,28-30H,7,12-15H2,1-2H3/p+1/t20-,21-,22-,23-,24+/m0/s1. The van der Waals surface area contributed by atoms with Crippen molar-refractivity contribution in [3.05, 3.63) is 59.7 Å². The van der Waals surface area contributed by atoms with Crippen LogP contribution in [0.1, 0.15) is 17.5 Å². The summed E-state index contributed by atoms with van der Waals surface area (Å²) in [6.07, 6.45) is -4.55. The number of quaternary nitrogens is 1. The van der Waals surface area contributed by atoms with E-state index in [1.54, 1.807) is 0 Å². The van der Waals surface area contributed by atoms with Crippen LogP contribution < -0.4 is 4.90 Å². The second kappa shape index (κ2) is 9.40. The highest BCUT2D eigenvalue weighted by Crippen LogP contribution is 2.36. The first-order valence-corrected chi connectivity index (χ1v) is 11.4. The number of rotatable bonds is 6. The number of carboxylic acid groups (broad SMARTS) is 1. The number of aryl methyl sites for hydroxylation is 2. The zero-order valence-electron chi connectivity index (χ0n) is 19.0. The maximum atomic E-state index is 11.5. The molecule has 2 heterocycles. The molecule has 2 aromatic carbocycles. The van der Waals surface area contributed by atoms with Gasteiger partial charge in [-0.1, -0.05) is 36.4 Å². The van der Waals surface area contributed by atoms with Crippen molar-refractivity contribution >= 4 is 17.3 Å². The van der Waals surface area contributed by atoms with Gasteiger partial charge in [0.1, 0.15) is 12.2 Å². The summed E-state index contributed by atoms with van der Waals surface area (Å²) in [5, 5.41) is 40.1. The quantitative estimate of drug-likeness (QED) is 0.484. The van der Waals surface area contributed by atoms with Crippen LogP contribution in [0.5, 0.6) is 0 Å². The highest BCUT2D eigenvalue weighted by Gasteiger charge is 2.52. The number of anilines is 2. The molecule has 2 aliphatic rings. The molecule has 1 fully saturated rings. The highest BCUT2D eigenvalue weighted by molar-refractivity contribution is 5.73. The second-order valence-corrected chi connectivity index (χ2v) is 9.52. The Hall–Kier alpha value is -2.49. The topological polar surface area (TPSA) is 110 Å². The minimum Gasteiger partial charge on any atom is -0.479 e. The van der Waals surface area contributed by atoms with E-state index in [0.29, 0.717) is 6.54 Å². The molecule has 33 heavy (non-hydrogen) atoms. The normalized spacial score (nSPS) is 27.4. The number of aliphatic carboxylic acids is 1. The van der Waals surface area contributed by atoms with E-state index in [1.807, 2.05) is 26.2 Å². The Morgan fingerprint density at radius 1 is 0.939 bits per heavy atom. The minimum absolute atomic E-state index is 0.145. The van der Waals surface area contributed by atoms with E-state index in [-0.39, 0.29) is 4.48 Å². The molecule has 0 aliphatic carbocycles. The third-order valence-electron chi connectivity index (χ3n) is 6.87. The van der Waals surface area contributed by atoms with Crippen molar-refractivity contribution in [3.8, 4) is 0 Å². The van der Waals surface area contributed by atoms with Gasteiger partial charge in [-0.15, -0.1) is 0 Å². The van der Waals surface area contributed by atoms with Gasteiger partial charge in [-0.05, 0) is 36.1 Å². The molecule has 0 spiro atoms. The molecule has 0 radical (unpaired) electrons. The summed E-state index contributed by atoms with van der Waals surface area (Å²) in [6, 6.07) is 16.8. The van der Waals surface area contributed by atoms with E-state index in [2.05, 4.69) is 41.3 Å². The van der Waals surface area contributed by atoms with Gasteiger partial charge < -0.3 is 34.5 Å². The molecule has 4 N–H and O–H groups in total. The van der Waals surface area contributed by atoms with Crippen molar-refractivity contribution in [1.29, 1.82) is 0 Å². The summed E-state index contributed by atoms with van der Waals surface area (Å²) in [5.41, 5.74) is 4.97. The van der Waals surface area contributed by atoms with Crippen molar-refractivity contribution in [2.45, 2.75) is 49.9 Å². The molecule has 4 rings (SSSR count). The maximum Gasteiger partial charge on any atom is 0.335 e. The van der Waals surface area contributed by atoms with Gasteiger partial charge >= 0.3 is 5.97 Å². The van der Waals surface area contributed by atoms with Gasteiger partial charge in [0.25, 0.3) is 0 Å². The van der Waals surface area contributed by atoms with E-state index < -0.39 is 36.6 Å². The van der Waals surface area contributed by atoms with Gasteiger partial charge in [-0.3, -0.25) is 0 Å². The van der Waals surface area contributed by atoms with Gasteiger partial charge in [-0.25, -0.2) is 4.79 Å². The molecule has 0 unspecified atom stereocenters. The SMILES string of the molecule is C[N+](C)(CCCN1c2ccccc2CCc2ccccc21)[C@@H]1O[C@H](C(=O)O)[C@@H](O)[C@H](O)[C@@H]1O. The number of fused-ring (bicyclic) bond motifs is 2. The van der Waals surface area contributed by atoms with Crippen LogP contribution in [0.4, 0.5) is 11.4 Å². The van der Waals surface area contributed by atoms with Crippen LogP contribution in [0.3, 0.4) is 0 Å². The predicted molar refractivity (Wildman–Crippen MR) is 123 cm³/mol. The average Bonchev–Trinajstić information content (AvgIpc) is 2.94. The first-order chi connectivity index (χ1) is 15.7. The van der Waals surface area contributed by atoms with Crippen molar-refractivity contribution in [1.82, 2.24) is 0 Å². The molecule has 5 atom stereocenters. The monoisotopic (exact) mass is 457 g/mol. The number of carboxylic acids is 1. The van der Waals surface area contributed by atoms with Crippen LogP contribution in [-0.2, 0) is 22.4 Å². The van der Waals surface area contributed by atoms with Crippen LogP contribution in [0, 0.1) is 0 Å². The van der Waals surface area contributed by atoms with Crippen LogP contribution in [0.15, 0.2) is 48.5 Å². The number of benzene rings is 2. The molecule has 0 aromatic heterocycles. The molecule has 2 aromatic rings. The summed E-state index contributed by atoms with van der Waals surface area (Å²) >= 11 is 0. The number of para-hydroxylation sites is 2. The van der Waals surface area contributed by atoms with Gasteiger partial charge in [0.2, 0.25) is 6.23 Å². The van der Waals surface area contributed by atoms with Gasteiger partial charge in [0.05, 0.1) is 20.6 Å². The lowest BCUT2D eigenvalue weighted by Gasteiger charge is -2.46. The lowest BCUT2D eigenvalue weighted by Crippen LogP contribution is -2.68. The maximum absolute atomic E-state index is 11.5. The smallest absolute Gasteiger partial charge is 0.335 e. The molecule has 8 nitrogen and oxygen atoms in total. The lowest BCUT2D eigenvalue weighted by atomic mass is 9.96. The Balaban J connectivity index is 1.51. The summed E-state index contributed by atoms with van der Waals surface area (Å²) < 4.78 is 5.73. The first kappa shape index (κ1) is 23.7. The number of carbonyl (C=O) groups is 1. The lowest BCUT2D eigenvalue weighted by molar-refractivity contribution is -0.944. The molecule has 0 amide bonds. The minimum atomic E-state index is -1.68. The number of likely N-dealkylation sites (N-methyl/N-ethyl adjacent to an activating group) is 1. The Labute approximate surface area is 193 Å². The van der Waals surface area contributed by atoms with Crippen molar-refractivity contribution in [2.24, 2.45) is 0 Å². The summed E-state index contributed by atoms with van der Waals surface area (Å²) in [4.78, 5) is 13.8. The van der Waals surface area contributed by atoms with Gasteiger partial charge in [0, 0.05) is 24.3 Å². The molecular formula is C25H33N2O6+. The number of aliphatic hydroxyl groups excluding tert-OH is 3. The molecule has 0 bridgehead atoms. The molecule has 1 saturated heterocycles. The molecule has 8 heteroatoms. The highest BCUT2D eigenvalue weighted by atomic mass is 16.6. The zero-order valence-corrected chi connectivity index (χ0v) is 19.0. The average molecular weight is 458 g/mol. The third-order valence-corrected chi connectivity index (χ3v) is 6.87. The van der Waals surface area contributed by atoms with E-state index in [1.165, 1.54) is 22.5 Å². The number of aliphatic hydroxyl groups is 3. The summed E-state index contributed by atoms with van der Waals surface area (Å²) in [5.74, 6) is -1.36. The fourth-order valence-electron chi connectivity index (χ4n) is 5.02. The first-order valence-electron chi connectivity index (χ1n) is 11.4. The largest absolute Gasteiger partial charge is 0.479 e. The summed E-state index contributed by atoms with van der Waals surface area (Å²) in [6.45, 7) is 1.30. The van der Waals surface area contributed by atoms with Crippen molar-refractivity contribution in [2.75, 3.05) is 32.1 Å². The Kier molecular flexibility index (Phi) is 6.74. The fourth-order valence-corrected chi connectivity index (χ4v) is 5.02. The Morgan fingerprint density at radius 3 is 2.03 bits per heavy atom. The van der Waals surface area contributed by atoms with Crippen LogP contribution in [0.2, 0.25) is 0 Å². The second-order valence-electron chi connectivity index (χ2n) is 9.52. The molecule has 2 aliphatic heterocycles. The predicted octanol–water partition coefficient (Wildman–Crippen LogP) is 1.28. The number of nitrogens with zero attached hydrogens (tertiary/aromatic N) is 2. The van der Waals surface area contributed by atoms with Gasteiger partial charge in [0.15, 0.2) is 12.2 Å². The number of ether oxygens (including phenoxy) is 1. The van der Waals surface area contributed by atoms with Gasteiger partial charge in [-0.2, -0.15) is 0 Å². The zero-order chi connectivity index (χ0) is 23.8. The van der Waals surface area contributed by atoms with E-state index >= 15 is 0 Å². The van der Waals surface area contributed by atoms with Crippen LogP contribution >= 0.6 is 0 Å². The van der Waals surface area contributed by atoms with Crippen LogP contribution in [0.25, 0.3) is 0 Å². The Bertz CT molecular complexity index is 949. The molecular weight excluding hydrogens is 424 g/mol. The third kappa shape index (κ3) is 4.62. The summed E-state index contributed by atoms with van der Waals surface area (Å²) in [7, 11) is 3.67. The van der Waals surface area contributed by atoms with Crippen LogP contribution in [-0.4, -0.2) is 88.7 Å². The molecule has 178 valence electrons. The van der Waals surface area contributed by atoms with Crippen molar-refractivity contribution < 1.29 is 34.4 Å². The van der Waals surface area contributed by atoms with E-state index in [9.17, 15) is 25.2 Å². The molecule has 0 saturated carbocycles. The number of hydrogen-bond donors (Lipinski definition) is 4. The van der Waals surface area contributed by atoms with Crippen molar-refractivity contribution in [3.63, 3.8) is 0 Å². The fraction of sp³-hybridized carbons (Fsp3) is 0.480. The number of hydrogen-bond acceptors (Lipinski definition) is 6.